The van der Waals surface area contributed by atoms with E-state index in [1.807, 2.05) is 0 Å². The third-order valence-corrected chi connectivity index (χ3v) is 4.39. The van der Waals surface area contributed by atoms with Crippen molar-refractivity contribution >= 4 is 5.91 Å². The maximum Gasteiger partial charge on any atom is 0.230 e. The van der Waals surface area contributed by atoms with Crippen LogP contribution in [0.25, 0.3) is 0 Å². The zero-order chi connectivity index (χ0) is 15.6. The SMILES string of the molecule is O=C(NCc1ccc(F)cc1)C1(c2cccc(F)c2)CCC1. The number of carbonyl (C=O) groups is 1. The predicted octanol–water partition coefficient (Wildman–Crippen LogP) is 3.70. The summed E-state index contributed by atoms with van der Waals surface area (Å²) in [5.74, 6) is -0.714. The van der Waals surface area contributed by atoms with Gasteiger partial charge in [0.2, 0.25) is 5.91 Å². The molecule has 22 heavy (non-hydrogen) atoms. The summed E-state index contributed by atoms with van der Waals surface area (Å²) in [6.45, 7) is 0.343. The van der Waals surface area contributed by atoms with Crippen LogP contribution in [0.3, 0.4) is 0 Å². The van der Waals surface area contributed by atoms with Gasteiger partial charge in [-0.2, -0.15) is 0 Å². The highest BCUT2D eigenvalue weighted by Gasteiger charge is 2.45. The van der Waals surface area contributed by atoms with Crippen LogP contribution in [0, 0.1) is 11.6 Å². The molecule has 1 saturated carbocycles. The van der Waals surface area contributed by atoms with Gasteiger partial charge in [-0.25, -0.2) is 8.78 Å². The Morgan fingerprint density at radius 3 is 2.36 bits per heavy atom. The molecule has 3 rings (SSSR count). The number of halogens is 2. The van der Waals surface area contributed by atoms with Gasteiger partial charge in [-0.15, -0.1) is 0 Å². The fraction of sp³-hybridized carbons (Fsp3) is 0.278. The van der Waals surface area contributed by atoms with Crippen molar-refractivity contribution in [1.82, 2.24) is 5.32 Å². The van der Waals surface area contributed by atoms with Gasteiger partial charge in [0.1, 0.15) is 11.6 Å². The minimum Gasteiger partial charge on any atom is -0.351 e. The molecule has 0 bridgehead atoms. The van der Waals surface area contributed by atoms with Gasteiger partial charge in [-0.1, -0.05) is 30.7 Å². The standard InChI is InChI=1S/C18H17F2NO/c19-15-7-5-13(6-8-15)12-21-17(22)18(9-2-10-18)14-3-1-4-16(20)11-14/h1,3-8,11H,2,9-10,12H2,(H,21,22). The van der Waals surface area contributed by atoms with Crippen LogP contribution in [0.1, 0.15) is 30.4 Å². The van der Waals surface area contributed by atoms with Gasteiger partial charge in [-0.3, -0.25) is 4.79 Å². The quantitative estimate of drug-likeness (QED) is 0.916. The molecule has 0 saturated heterocycles. The fourth-order valence-electron chi connectivity index (χ4n) is 2.92. The lowest BCUT2D eigenvalue weighted by atomic mass is 9.64. The van der Waals surface area contributed by atoms with Crippen molar-refractivity contribution in [2.24, 2.45) is 0 Å². The van der Waals surface area contributed by atoms with Gasteiger partial charge < -0.3 is 5.32 Å². The lowest BCUT2D eigenvalue weighted by Crippen LogP contribution is -2.49. The average molecular weight is 301 g/mol. The van der Waals surface area contributed by atoms with Gasteiger partial charge in [-0.05, 0) is 48.2 Å². The summed E-state index contributed by atoms with van der Waals surface area (Å²) in [6, 6.07) is 12.3. The molecule has 0 heterocycles. The third-order valence-electron chi connectivity index (χ3n) is 4.39. The molecule has 1 aliphatic carbocycles. The Bertz CT molecular complexity index is 678. The maximum absolute atomic E-state index is 13.4. The Balaban J connectivity index is 1.73. The van der Waals surface area contributed by atoms with Gasteiger partial charge in [0.15, 0.2) is 0 Å². The highest BCUT2D eigenvalue weighted by atomic mass is 19.1. The maximum atomic E-state index is 13.4. The van der Waals surface area contributed by atoms with Gasteiger partial charge in [0.05, 0.1) is 5.41 Å². The zero-order valence-corrected chi connectivity index (χ0v) is 12.1. The van der Waals surface area contributed by atoms with Crippen LogP contribution >= 0.6 is 0 Å². The molecular formula is C18H17F2NO. The first-order valence-electron chi connectivity index (χ1n) is 7.39. The van der Waals surface area contributed by atoms with E-state index in [0.29, 0.717) is 6.54 Å². The van der Waals surface area contributed by atoms with Crippen LogP contribution < -0.4 is 5.32 Å². The number of amides is 1. The zero-order valence-electron chi connectivity index (χ0n) is 12.1. The van der Waals surface area contributed by atoms with Gasteiger partial charge >= 0.3 is 0 Å². The van der Waals surface area contributed by atoms with E-state index in [4.69, 9.17) is 0 Å². The smallest absolute Gasteiger partial charge is 0.230 e. The number of hydrogen-bond donors (Lipinski definition) is 1. The average Bonchev–Trinajstić information content (AvgIpc) is 2.46. The van der Waals surface area contributed by atoms with Crippen LogP contribution in [-0.2, 0) is 16.8 Å². The van der Waals surface area contributed by atoms with Crippen LogP contribution in [-0.4, -0.2) is 5.91 Å². The predicted molar refractivity (Wildman–Crippen MR) is 80.2 cm³/mol. The monoisotopic (exact) mass is 301 g/mol. The highest BCUT2D eigenvalue weighted by molar-refractivity contribution is 5.89. The second-order valence-corrected chi connectivity index (χ2v) is 5.76. The summed E-state index contributed by atoms with van der Waals surface area (Å²) in [6.07, 6.45) is 2.41. The summed E-state index contributed by atoms with van der Waals surface area (Å²) in [5.41, 5.74) is 0.945. The van der Waals surface area contributed by atoms with E-state index in [-0.39, 0.29) is 17.5 Å². The van der Waals surface area contributed by atoms with Crippen LogP contribution in [0.4, 0.5) is 8.78 Å². The van der Waals surface area contributed by atoms with Crippen molar-refractivity contribution in [3.63, 3.8) is 0 Å². The molecule has 0 unspecified atom stereocenters. The molecule has 2 aromatic rings. The summed E-state index contributed by atoms with van der Waals surface area (Å²) in [4.78, 5) is 12.6. The van der Waals surface area contributed by atoms with Crippen molar-refractivity contribution in [3.8, 4) is 0 Å². The normalized spacial score (nSPS) is 15.9. The molecule has 0 radical (unpaired) electrons. The second kappa shape index (κ2) is 5.87. The molecule has 1 fully saturated rings. The van der Waals surface area contributed by atoms with Gasteiger partial charge in [0, 0.05) is 6.54 Å². The Morgan fingerprint density at radius 2 is 1.77 bits per heavy atom. The lowest BCUT2D eigenvalue weighted by Gasteiger charge is -2.40. The van der Waals surface area contributed by atoms with E-state index in [2.05, 4.69) is 5.32 Å². The molecular weight excluding hydrogens is 284 g/mol. The van der Waals surface area contributed by atoms with Crippen molar-refractivity contribution in [3.05, 3.63) is 71.3 Å². The van der Waals surface area contributed by atoms with E-state index >= 15 is 0 Å². The van der Waals surface area contributed by atoms with Crippen molar-refractivity contribution in [2.45, 2.75) is 31.2 Å². The first-order chi connectivity index (χ1) is 10.6. The summed E-state index contributed by atoms with van der Waals surface area (Å²) >= 11 is 0. The first kappa shape index (κ1) is 14.7. The lowest BCUT2D eigenvalue weighted by molar-refractivity contribution is -0.130. The van der Waals surface area contributed by atoms with E-state index in [1.165, 1.54) is 24.3 Å². The summed E-state index contributed by atoms with van der Waals surface area (Å²) in [5, 5.41) is 2.90. The van der Waals surface area contributed by atoms with Crippen LogP contribution in [0.5, 0.6) is 0 Å². The van der Waals surface area contributed by atoms with E-state index in [1.54, 1.807) is 24.3 Å². The van der Waals surface area contributed by atoms with E-state index in [0.717, 1.165) is 30.4 Å². The molecule has 2 nitrogen and oxygen atoms in total. The molecule has 2 aromatic carbocycles. The highest BCUT2D eigenvalue weighted by Crippen LogP contribution is 2.44. The molecule has 0 aliphatic heterocycles. The molecule has 0 spiro atoms. The fourth-order valence-corrected chi connectivity index (χ4v) is 2.92. The Kier molecular flexibility index (Phi) is 3.92. The molecule has 4 heteroatoms. The minimum absolute atomic E-state index is 0.0892. The number of hydrogen-bond acceptors (Lipinski definition) is 1. The number of carbonyl (C=O) groups excluding carboxylic acids is 1. The number of benzene rings is 2. The summed E-state index contributed by atoms with van der Waals surface area (Å²) < 4.78 is 26.3. The molecule has 1 amide bonds. The minimum atomic E-state index is -0.623. The van der Waals surface area contributed by atoms with E-state index in [9.17, 15) is 13.6 Å². The number of rotatable bonds is 4. The molecule has 1 N–H and O–H groups in total. The molecule has 114 valence electrons. The topological polar surface area (TPSA) is 29.1 Å². The van der Waals surface area contributed by atoms with Crippen LogP contribution in [0.2, 0.25) is 0 Å². The second-order valence-electron chi connectivity index (χ2n) is 5.76. The largest absolute Gasteiger partial charge is 0.351 e. The Morgan fingerprint density at radius 1 is 1.05 bits per heavy atom. The van der Waals surface area contributed by atoms with Crippen molar-refractivity contribution < 1.29 is 13.6 Å². The van der Waals surface area contributed by atoms with Gasteiger partial charge in [0.25, 0.3) is 0 Å². The van der Waals surface area contributed by atoms with Crippen molar-refractivity contribution in [1.29, 1.82) is 0 Å². The Hall–Kier alpha value is -2.23. The van der Waals surface area contributed by atoms with Crippen LogP contribution in [0.15, 0.2) is 48.5 Å². The van der Waals surface area contributed by atoms with Crippen molar-refractivity contribution in [2.75, 3.05) is 0 Å². The van der Waals surface area contributed by atoms with E-state index < -0.39 is 5.41 Å². The molecule has 1 aliphatic rings. The first-order valence-corrected chi connectivity index (χ1v) is 7.39. The molecule has 0 aromatic heterocycles. The third kappa shape index (κ3) is 2.73. The number of nitrogens with one attached hydrogen (secondary N) is 1. The Labute approximate surface area is 128 Å². The summed E-state index contributed by atoms with van der Waals surface area (Å²) in [7, 11) is 0. The molecule has 0 atom stereocenters.